The topological polar surface area (TPSA) is 38.9 Å². The van der Waals surface area contributed by atoms with Gasteiger partial charge >= 0.3 is 0 Å². The number of rotatable bonds is 5. The lowest BCUT2D eigenvalue weighted by Gasteiger charge is -2.21. The fourth-order valence-corrected chi connectivity index (χ4v) is 4.55. The van der Waals surface area contributed by atoms with Gasteiger partial charge in [-0.1, -0.05) is 6.92 Å². The standard InChI is InChI=1S/C13H15BrN2S2/c1-2-11(15)13(12-7-9(14)8-17-12)18-10-3-5-16-6-4-10/h3-8,11,13H,2,15H2,1H3. The molecule has 0 aliphatic rings. The summed E-state index contributed by atoms with van der Waals surface area (Å²) in [7, 11) is 0. The van der Waals surface area contributed by atoms with Crippen LogP contribution in [-0.4, -0.2) is 11.0 Å². The van der Waals surface area contributed by atoms with Crippen molar-refractivity contribution < 1.29 is 0 Å². The van der Waals surface area contributed by atoms with Gasteiger partial charge in [0, 0.05) is 38.1 Å². The highest BCUT2D eigenvalue weighted by atomic mass is 79.9. The Kier molecular flexibility index (Phi) is 5.24. The molecule has 0 aliphatic heterocycles. The van der Waals surface area contributed by atoms with Gasteiger partial charge in [0.25, 0.3) is 0 Å². The van der Waals surface area contributed by atoms with E-state index in [-0.39, 0.29) is 6.04 Å². The molecule has 0 aromatic carbocycles. The van der Waals surface area contributed by atoms with Crippen LogP contribution in [-0.2, 0) is 0 Å². The van der Waals surface area contributed by atoms with E-state index in [2.05, 4.69) is 39.3 Å². The van der Waals surface area contributed by atoms with Gasteiger partial charge in [0.05, 0.1) is 5.25 Å². The number of nitrogens with zero attached hydrogens (tertiary/aromatic N) is 1. The molecule has 0 amide bonds. The minimum atomic E-state index is 0.161. The fraction of sp³-hybridized carbons (Fsp3) is 0.308. The van der Waals surface area contributed by atoms with E-state index in [0.717, 1.165) is 10.9 Å². The molecule has 2 aromatic heterocycles. The highest BCUT2D eigenvalue weighted by Gasteiger charge is 2.21. The Morgan fingerprint density at radius 3 is 2.72 bits per heavy atom. The monoisotopic (exact) mass is 342 g/mol. The second-order valence-electron chi connectivity index (χ2n) is 3.96. The molecule has 0 spiro atoms. The van der Waals surface area contributed by atoms with Crippen LogP contribution < -0.4 is 5.73 Å². The summed E-state index contributed by atoms with van der Waals surface area (Å²) in [5.74, 6) is 0. The molecule has 2 atom stereocenters. The minimum absolute atomic E-state index is 0.161. The number of nitrogens with two attached hydrogens (primary N) is 1. The molecule has 0 aliphatic carbocycles. The van der Waals surface area contributed by atoms with Gasteiger partial charge in [0.15, 0.2) is 0 Å². The molecule has 96 valence electrons. The largest absolute Gasteiger partial charge is 0.326 e. The van der Waals surface area contributed by atoms with Crippen LogP contribution in [0, 0.1) is 0 Å². The van der Waals surface area contributed by atoms with Crippen molar-refractivity contribution in [3.8, 4) is 0 Å². The maximum absolute atomic E-state index is 6.26. The summed E-state index contributed by atoms with van der Waals surface area (Å²) >= 11 is 7.08. The van der Waals surface area contributed by atoms with E-state index < -0.39 is 0 Å². The first-order valence-electron chi connectivity index (χ1n) is 5.77. The summed E-state index contributed by atoms with van der Waals surface area (Å²) in [6.45, 7) is 2.13. The average molecular weight is 343 g/mol. The Balaban J connectivity index is 2.21. The molecule has 2 aromatic rings. The van der Waals surface area contributed by atoms with Crippen molar-refractivity contribution in [2.75, 3.05) is 0 Å². The smallest absolute Gasteiger partial charge is 0.0589 e. The van der Waals surface area contributed by atoms with E-state index in [1.807, 2.05) is 36.3 Å². The van der Waals surface area contributed by atoms with E-state index in [1.54, 1.807) is 11.3 Å². The Labute approximate surface area is 124 Å². The molecular weight excluding hydrogens is 328 g/mol. The molecule has 0 saturated carbocycles. The number of hydrogen-bond acceptors (Lipinski definition) is 4. The van der Waals surface area contributed by atoms with Crippen LogP contribution in [0.3, 0.4) is 0 Å². The zero-order valence-electron chi connectivity index (χ0n) is 10.0. The summed E-state index contributed by atoms with van der Waals surface area (Å²) in [5.41, 5.74) is 6.26. The number of halogens is 1. The SMILES string of the molecule is CCC(N)C(Sc1ccncc1)c1cc(Br)cs1. The highest BCUT2D eigenvalue weighted by molar-refractivity contribution is 9.10. The van der Waals surface area contributed by atoms with Crippen molar-refractivity contribution in [2.45, 2.75) is 29.5 Å². The Bertz CT molecular complexity index is 487. The van der Waals surface area contributed by atoms with E-state index in [0.29, 0.717) is 5.25 Å². The number of pyridine rings is 1. The Hall–Kier alpha value is -0.360. The van der Waals surface area contributed by atoms with Gasteiger partial charge in [0.2, 0.25) is 0 Å². The summed E-state index contributed by atoms with van der Waals surface area (Å²) in [4.78, 5) is 6.57. The van der Waals surface area contributed by atoms with E-state index in [9.17, 15) is 0 Å². The Morgan fingerprint density at radius 1 is 1.44 bits per heavy atom. The third-order valence-electron chi connectivity index (χ3n) is 2.64. The van der Waals surface area contributed by atoms with E-state index >= 15 is 0 Å². The lowest BCUT2D eigenvalue weighted by Crippen LogP contribution is -2.25. The maximum atomic E-state index is 6.26. The molecule has 2 heterocycles. The summed E-state index contributed by atoms with van der Waals surface area (Å²) in [6, 6.07) is 6.39. The first-order chi connectivity index (χ1) is 8.70. The van der Waals surface area contributed by atoms with Crippen LogP contribution in [0.15, 0.2) is 45.3 Å². The summed E-state index contributed by atoms with van der Waals surface area (Å²) in [6.07, 6.45) is 4.61. The van der Waals surface area contributed by atoms with Gasteiger partial charge in [-0.25, -0.2) is 0 Å². The van der Waals surface area contributed by atoms with Crippen LogP contribution in [0.1, 0.15) is 23.5 Å². The van der Waals surface area contributed by atoms with Gasteiger partial charge in [-0.2, -0.15) is 0 Å². The molecule has 0 radical (unpaired) electrons. The third kappa shape index (κ3) is 3.57. The van der Waals surface area contributed by atoms with Crippen LogP contribution in [0.4, 0.5) is 0 Å². The summed E-state index contributed by atoms with van der Waals surface area (Å²) in [5, 5.41) is 2.41. The zero-order valence-corrected chi connectivity index (χ0v) is 13.3. The lowest BCUT2D eigenvalue weighted by molar-refractivity contribution is 0.640. The number of thioether (sulfide) groups is 1. The molecule has 5 heteroatoms. The van der Waals surface area contributed by atoms with Gasteiger partial charge in [-0.15, -0.1) is 23.1 Å². The maximum Gasteiger partial charge on any atom is 0.0589 e. The van der Waals surface area contributed by atoms with Crippen molar-refractivity contribution in [3.63, 3.8) is 0 Å². The van der Waals surface area contributed by atoms with Crippen molar-refractivity contribution >= 4 is 39.0 Å². The molecule has 18 heavy (non-hydrogen) atoms. The van der Waals surface area contributed by atoms with E-state index in [4.69, 9.17) is 5.73 Å². The van der Waals surface area contributed by atoms with Crippen molar-refractivity contribution in [2.24, 2.45) is 5.73 Å². The molecule has 2 unspecified atom stereocenters. The third-order valence-corrected chi connectivity index (χ3v) is 5.97. The van der Waals surface area contributed by atoms with Gasteiger partial charge in [-0.3, -0.25) is 4.98 Å². The molecule has 2 N–H and O–H groups in total. The Morgan fingerprint density at radius 2 is 2.17 bits per heavy atom. The second kappa shape index (κ2) is 6.70. The average Bonchev–Trinajstić information content (AvgIpc) is 2.83. The number of hydrogen-bond donors (Lipinski definition) is 1. The van der Waals surface area contributed by atoms with Gasteiger partial charge in [0.1, 0.15) is 0 Å². The second-order valence-corrected chi connectivity index (χ2v) is 7.03. The molecule has 0 saturated heterocycles. The lowest BCUT2D eigenvalue weighted by atomic mass is 10.1. The molecular formula is C13H15BrN2S2. The van der Waals surface area contributed by atoms with Crippen molar-refractivity contribution in [1.29, 1.82) is 0 Å². The molecule has 0 bridgehead atoms. The molecule has 2 nitrogen and oxygen atoms in total. The minimum Gasteiger partial charge on any atom is -0.326 e. The zero-order chi connectivity index (χ0) is 13.0. The summed E-state index contributed by atoms with van der Waals surface area (Å²) < 4.78 is 1.13. The number of thiophene rings is 1. The van der Waals surface area contributed by atoms with Crippen LogP contribution in [0.2, 0.25) is 0 Å². The normalized spacial score (nSPS) is 14.4. The predicted octanol–water partition coefficient (Wildman–Crippen LogP) is 4.48. The van der Waals surface area contributed by atoms with Crippen molar-refractivity contribution in [3.05, 3.63) is 45.3 Å². The number of aromatic nitrogens is 1. The van der Waals surface area contributed by atoms with E-state index in [1.165, 1.54) is 9.77 Å². The van der Waals surface area contributed by atoms with Crippen LogP contribution in [0.25, 0.3) is 0 Å². The molecule has 2 rings (SSSR count). The van der Waals surface area contributed by atoms with Crippen molar-refractivity contribution in [1.82, 2.24) is 4.98 Å². The first-order valence-corrected chi connectivity index (χ1v) is 8.32. The quantitative estimate of drug-likeness (QED) is 0.814. The molecule has 0 fully saturated rings. The van der Waals surface area contributed by atoms with Gasteiger partial charge < -0.3 is 5.73 Å². The first kappa shape index (κ1) is 14.1. The highest BCUT2D eigenvalue weighted by Crippen LogP contribution is 2.41. The van der Waals surface area contributed by atoms with Crippen LogP contribution >= 0.6 is 39.0 Å². The van der Waals surface area contributed by atoms with Crippen LogP contribution in [0.5, 0.6) is 0 Å². The predicted molar refractivity (Wildman–Crippen MR) is 83.1 cm³/mol. The fourth-order valence-electron chi connectivity index (χ4n) is 1.61. The van der Waals surface area contributed by atoms with Gasteiger partial charge in [-0.05, 0) is 40.5 Å².